The zero-order valence-electron chi connectivity index (χ0n) is 20.8. The van der Waals surface area contributed by atoms with Crippen molar-refractivity contribution in [3.05, 3.63) is 12.7 Å². The molecule has 1 nitrogen and oxygen atoms in total. The van der Waals surface area contributed by atoms with Crippen LogP contribution < -0.4 is 5.73 Å². The highest BCUT2D eigenvalue weighted by molar-refractivity contribution is 7.19. The van der Waals surface area contributed by atoms with Crippen LogP contribution in [0.1, 0.15) is 124 Å². The Kier molecular flexibility index (Phi) is 7.88. The summed E-state index contributed by atoms with van der Waals surface area (Å²) in [5.74, 6) is 2.41. The van der Waals surface area contributed by atoms with Crippen LogP contribution in [0.5, 0.6) is 0 Å². The van der Waals surface area contributed by atoms with Gasteiger partial charge in [-0.15, -0.1) is 15.8 Å². The lowest BCUT2D eigenvalue weighted by Gasteiger charge is -2.62. The third kappa shape index (κ3) is 4.33. The van der Waals surface area contributed by atoms with E-state index in [1.165, 1.54) is 96.3 Å². The number of rotatable bonds is 8. The van der Waals surface area contributed by atoms with Crippen molar-refractivity contribution in [3.8, 4) is 0 Å². The molecule has 0 amide bonds. The highest BCUT2D eigenvalue weighted by atomic mass is 31.0. The highest BCUT2D eigenvalue weighted by Gasteiger charge is 2.62. The Morgan fingerprint density at radius 2 is 1.80 bits per heavy atom. The van der Waals surface area contributed by atoms with Crippen LogP contribution in [0.3, 0.4) is 0 Å². The summed E-state index contributed by atoms with van der Waals surface area (Å²) < 4.78 is 0. The van der Waals surface area contributed by atoms with Gasteiger partial charge in [-0.05, 0) is 97.9 Å². The first-order chi connectivity index (χ1) is 14.2. The SMILES string of the molecule is C=CCCCCC(CCC)C1(C)CCC2C3(C)CCCCC3(N)CCC(C)[C@@]2(P)C1. The molecule has 0 aromatic carbocycles. The van der Waals surface area contributed by atoms with Crippen LogP contribution in [-0.2, 0) is 0 Å². The second-order valence-electron chi connectivity index (χ2n) is 12.3. The van der Waals surface area contributed by atoms with E-state index in [1.54, 1.807) is 0 Å². The van der Waals surface area contributed by atoms with Crippen molar-refractivity contribution in [1.82, 2.24) is 0 Å². The number of allylic oxidation sites excluding steroid dienone is 1. The molecule has 0 spiro atoms. The number of hydrogen-bond donors (Lipinski definition) is 1. The van der Waals surface area contributed by atoms with Gasteiger partial charge in [0.2, 0.25) is 0 Å². The van der Waals surface area contributed by atoms with Gasteiger partial charge >= 0.3 is 0 Å². The van der Waals surface area contributed by atoms with Crippen molar-refractivity contribution >= 4 is 9.24 Å². The van der Waals surface area contributed by atoms with Crippen molar-refractivity contribution < 1.29 is 0 Å². The summed E-state index contributed by atoms with van der Waals surface area (Å²) in [5, 5.41) is 0.368. The predicted molar refractivity (Wildman–Crippen MR) is 137 cm³/mol. The monoisotopic (exact) mass is 433 g/mol. The molecule has 0 radical (unpaired) electrons. The van der Waals surface area contributed by atoms with Crippen LogP contribution in [0.25, 0.3) is 0 Å². The smallest absolute Gasteiger partial charge is 0.0211 e. The Bertz CT molecular complexity index is 589. The standard InChI is InChI=1S/C28H52NP/c1-6-8-9-10-14-23(13-7-2)25(4)19-16-24-26(5)17-11-12-18-27(26,29)20-15-22(3)28(24,30)21-25/h6,22-24H,1,7-21,29-30H2,2-5H3/t22?,23?,24?,25?,26?,27?,28-/m0/s1. The maximum Gasteiger partial charge on any atom is 0.0211 e. The number of hydrogen-bond acceptors (Lipinski definition) is 1. The van der Waals surface area contributed by atoms with Crippen LogP contribution in [0.4, 0.5) is 0 Å². The molecule has 174 valence electrons. The third-order valence-corrected chi connectivity index (χ3v) is 11.8. The quantitative estimate of drug-likeness (QED) is 0.233. The van der Waals surface area contributed by atoms with Gasteiger partial charge in [0.1, 0.15) is 0 Å². The van der Waals surface area contributed by atoms with Gasteiger partial charge in [-0.3, -0.25) is 0 Å². The lowest BCUT2D eigenvalue weighted by atomic mass is 9.48. The van der Waals surface area contributed by atoms with Crippen molar-refractivity contribution in [2.45, 2.75) is 135 Å². The molecular weight excluding hydrogens is 381 g/mol. The van der Waals surface area contributed by atoms with Crippen LogP contribution in [0, 0.1) is 28.6 Å². The molecule has 0 aliphatic heterocycles. The number of unbranched alkanes of at least 4 members (excludes halogenated alkanes) is 2. The fourth-order valence-electron chi connectivity index (χ4n) is 8.44. The van der Waals surface area contributed by atoms with Crippen LogP contribution in [-0.4, -0.2) is 10.7 Å². The van der Waals surface area contributed by atoms with E-state index in [-0.39, 0.29) is 5.54 Å². The molecule has 3 saturated carbocycles. The molecule has 0 heterocycles. The molecule has 0 aromatic rings. The van der Waals surface area contributed by atoms with E-state index >= 15 is 0 Å². The van der Waals surface area contributed by atoms with Gasteiger partial charge in [-0.25, -0.2) is 0 Å². The van der Waals surface area contributed by atoms with E-state index in [2.05, 4.69) is 49.6 Å². The highest BCUT2D eigenvalue weighted by Crippen LogP contribution is 2.67. The van der Waals surface area contributed by atoms with Gasteiger partial charge < -0.3 is 5.73 Å². The van der Waals surface area contributed by atoms with Crippen LogP contribution in [0.15, 0.2) is 12.7 Å². The van der Waals surface area contributed by atoms with E-state index in [1.807, 2.05) is 0 Å². The molecule has 0 bridgehead atoms. The summed E-state index contributed by atoms with van der Waals surface area (Å²) in [7, 11) is 3.51. The first kappa shape index (κ1) is 24.8. The molecule has 0 aromatic heterocycles. The van der Waals surface area contributed by atoms with E-state index in [4.69, 9.17) is 5.73 Å². The minimum atomic E-state index is 0.0732. The average molecular weight is 434 g/mol. The zero-order valence-corrected chi connectivity index (χ0v) is 21.9. The minimum absolute atomic E-state index is 0.0732. The number of nitrogens with two attached hydrogens (primary N) is 1. The molecule has 2 N–H and O–H groups in total. The summed E-state index contributed by atoms with van der Waals surface area (Å²) in [6.07, 6.45) is 22.2. The Morgan fingerprint density at radius 3 is 2.50 bits per heavy atom. The molecular formula is C28H52NP. The van der Waals surface area contributed by atoms with E-state index in [9.17, 15) is 0 Å². The van der Waals surface area contributed by atoms with Gasteiger partial charge in [-0.1, -0.05) is 65.9 Å². The molecule has 3 aliphatic rings. The van der Waals surface area contributed by atoms with Crippen molar-refractivity contribution in [2.75, 3.05) is 0 Å². The zero-order chi connectivity index (χ0) is 22.0. The lowest BCUT2D eigenvalue weighted by molar-refractivity contribution is -0.0514. The summed E-state index contributed by atoms with van der Waals surface area (Å²) in [6.45, 7) is 14.1. The predicted octanol–water partition coefficient (Wildman–Crippen LogP) is 8.28. The molecule has 3 aliphatic carbocycles. The molecule has 2 heteroatoms. The molecule has 3 fully saturated rings. The summed E-state index contributed by atoms with van der Waals surface area (Å²) >= 11 is 0. The third-order valence-electron chi connectivity index (χ3n) is 10.6. The Morgan fingerprint density at radius 1 is 1.07 bits per heavy atom. The molecule has 3 rings (SSSR count). The molecule has 30 heavy (non-hydrogen) atoms. The van der Waals surface area contributed by atoms with Crippen molar-refractivity contribution in [2.24, 2.45) is 34.3 Å². The fourth-order valence-corrected chi connectivity index (χ4v) is 9.61. The van der Waals surface area contributed by atoms with Crippen LogP contribution >= 0.6 is 9.24 Å². The van der Waals surface area contributed by atoms with Crippen molar-refractivity contribution in [3.63, 3.8) is 0 Å². The topological polar surface area (TPSA) is 26.0 Å². The second-order valence-corrected chi connectivity index (χ2v) is 13.4. The number of fused-ring (bicyclic) bond motifs is 3. The first-order valence-corrected chi connectivity index (χ1v) is 13.9. The average Bonchev–Trinajstić information content (AvgIpc) is 2.76. The van der Waals surface area contributed by atoms with Crippen molar-refractivity contribution in [1.29, 1.82) is 0 Å². The lowest BCUT2D eigenvalue weighted by Crippen LogP contribution is -2.63. The Labute approximate surface area is 191 Å². The van der Waals surface area contributed by atoms with Crippen LogP contribution in [0.2, 0.25) is 0 Å². The van der Waals surface area contributed by atoms with Gasteiger partial charge in [0.25, 0.3) is 0 Å². The minimum Gasteiger partial charge on any atom is -0.325 e. The molecule has 8 atom stereocenters. The normalized spacial score (nSPS) is 45.1. The van der Waals surface area contributed by atoms with Gasteiger partial charge in [0, 0.05) is 5.54 Å². The van der Waals surface area contributed by atoms with Gasteiger partial charge in [0.05, 0.1) is 0 Å². The first-order valence-electron chi connectivity index (χ1n) is 13.3. The largest absolute Gasteiger partial charge is 0.325 e. The Balaban J connectivity index is 1.86. The fraction of sp³-hybridized carbons (Fsp3) is 0.929. The Hall–Kier alpha value is 0.130. The summed E-state index contributed by atoms with van der Waals surface area (Å²) in [4.78, 5) is 0. The van der Waals surface area contributed by atoms with E-state index in [0.29, 0.717) is 16.0 Å². The molecule has 7 unspecified atom stereocenters. The van der Waals surface area contributed by atoms with Gasteiger partial charge in [-0.2, -0.15) is 0 Å². The maximum atomic E-state index is 7.28. The van der Waals surface area contributed by atoms with Gasteiger partial charge in [0.15, 0.2) is 0 Å². The van der Waals surface area contributed by atoms with E-state index in [0.717, 1.165) is 17.8 Å². The maximum absolute atomic E-state index is 7.28. The van der Waals surface area contributed by atoms with E-state index < -0.39 is 0 Å². The summed E-state index contributed by atoms with van der Waals surface area (Å²) in [6, 6.07) is 0. The second kappa shape index (κ2) is 9.55. The summed E-state index contributed by atoms with van der Waals surface area (Å²) in [5.41, 5.74) is 8.16. The molecule has 0 saturated heterocycles.